The number of Topliss-reactive ketones (excluding diaryl/α,β-unsaturated/α-hetero) is 1. The first kappa shape index (κ1) is 18.7. The molecular weight excluding hydrogens is 352 g/mol. The summed E-state index contributed by atoms with van der Waals surface area (Å²) in [5.74, 6) is 1.26. The van der Waals surface area contributed by atoms with E-state index in [1.54, 1.807) is 0 Å². The predicted molar refractivity (Wildman–Crippen MR) is 113 cm³/mol. The van der Waals surface area contributed by atoms with Crippen molar-refractivity contribution in [3.05, 3.63) is 36.0 Å². The number of nitrogens with zero attached hydrogens (tertiary/aromatic N) is 3. The first-order valence-electron chi connectivity index (χ1n) is 10.1. The molecule has 2 fully saturated rings. The van der Waals surface area contributed by atoms with E-state index in [4.69, 9.17) is 0 Å². The van der Waals surface area contributed by atoms with Gasteiger partial charge in [0.05, 0.1) is 5.69 Å². The van der Waals surface area contributed by atoms with E-state index in [-0.39, 0.29) is 5.78 Å². The maximum Gasteiger partial charge on any atom is 0.182 e. The number of carbonyl (C=O) groups is 1. The Kier molecular flexibility index (Phi) is 5.71. The monoisotopic (exact) mass is 380 g/mol. The van der Waals surface area contributed by atoms with E-state index in [0.717, 1.165) is 44.1 Å². The maximum atomic E-state index is 11.9. The second kappa shape index (κ2) is 8.56. The third-order valence-corrected chi connectivity index (χ3v) is 5.56. The molecule has 7 heteroatoms. The first-order chi connectivity index (χ1) is 13.7. The van der Waals surface area contributed by atoms with Crippen LogP contribution in [0.2, 0.25) is 0 Å². The smallest absolute Gasteiger partial charge is 0.182 e. The molecule has 0 bridgehead atoms. The summed E-state index contributed by atoms with van der Waals surface area (Å²) in [6, 6.07) is 10.2. The highest BCUT2D eigenvalue weighted by atomic mass is 16.1. The lowest BCUT2D eigenvalue weighted by atomic mass is 9.85. The second-order valence-electron chi connectivity index (χ2n) is 7.63. The largest absolute Gasteiger partial charge is 0.383 e. The van der Waals surface area contributed by atoms with Crippen molar-refractivity contribution in [3.63, 3.8) is 0 Å². The molecule has 1 aromatic carbocycles. The lowest BCUT2D eigenvalue weighted by Crippen LogP contribution is -2.43. The van der Waals surface area contributed by atoms with Crippen molar-refractivity contribution in [2.45, 2.75) is 26.2 Å². The summed E-state index contributed by atoms with van der Waals surface area (Å²) in [6.45, 7) is 6.51. The lowest BCUT2D eigenvalue weighted by Gasteiger charge is -2.29. The van der Waals surface area contributed by atoms with Crippen molar-refractivity contribution >= 4 is 28.7 Å². The first-order valence-corrected chi connectivity index (χ1v) is 10.1. The van der Waals surface area contributed by atoms with Gasteiger partial charge in [-0.05, 0) is 43.0 Å². The Morgan fingerprint density at radius 2 is 1.93 bits per heavy atom. The standard InChI is InChI=1S/C21H28N6O/c1-15(28)21-19(23-14-16-3-2-4-16)13-20(25-26-21)24-17-5-7-18(8-6-17)27-11-9-22-10-12-27/h5-8,13,16,22H,2-4,9-12,14H2,1H3,(H2,23,24,25). The molecule has 0 radical (unpaired) electrons. The number of hydrogen-bond acceptors (Lipinski definition) is 7. The van der Waals surface area contributed by atoms with Gasteiger partial charge >= 0.3 is 0 Å². The Balaban J connectivity index is 1.45. The van der Waals surface area contributed by atoms with Gasteiger partial charge in [-0.15, -0.1) is 10.2 Å². The summed E-state index contributed by atoms with van der Waals surface area (Å²) in [5, 5.41) is 18.4. The molecule has 1 saturated carbocycles. The van der Waals surface area contributed by atoms with E-state index in [1.165, 1.54) is 31.9 Å². The summed E-state index contributed by atoms with van der Waals surface area (Å²) >= 11 is 0. The molecule has 28 heavy (non-hydrogen) atoms. The van der Waals surface area contributed by atoms with E-state index in [9.17, 15) is 4.79 Å². The molecule has 0 spiro atoms. The normalized spacial score (nSPS) is 17.1. The number of carbonyl (C=O) groups excluding carboxylic acids is 1. The van der Waals surface area contributed by atoms with Crippen LogP contribution in [-0.2, 0) is 0 Å². The van der Waals surface area contributed by atoms with Crippen LogP contribution in [0, 0.1) is 5.92 Å². The molecule has 148 valence electrons. The molecule has 0 unspecified atom stereocenters. The highest BCUT2D eigenvalue weighted by molar-refractivity contribution is 5.97. The van der Waals surface area contributed by atoms with Crippen LogP contribution >= 0.6 is 0 Å². The molecule has 0 amide bonds. The highest BCUT2D eigenvalue weighted by Crippen LogP contribution is 2.28. The number of benzene rings is 1. The SMILES string of the molecule is CC(=O)c1nnc(Nc2ccc(N3CCNCC3)cc2)cc1NCC1CCC1. The summed E-state index contributed by atoms with van der Waals surface area (Å²) in [7, 11) is 0. The zero-order chi connectivity index (χ0) is 19.3. The van der Waals surface area contributed by atoms with E-state index < -0.39 is 0 Å². The van der Waals surface area contributed by atoms with Gasteiger partial charge in [0.25, 0.3) is 0 Å². The molecule has 1 saturated heterocycles. The molecule has 2 aromatic rings. The maximum absolute atomic E-state index is 11.9. The van der Waals surface area contributed by atoms with Gasteiger partial charge in [0.15, 0.2) is 17.3 Å². The molecule has 2 aliphatic rings. The Morgan fingerprint density at radius 3 is 2.57 bits per heavy atom. The third-order valence-electron chi connectivity index (χ3n) is 5.56. The Morgan fingerprint density at radius 1 is 1.18 bits per heavy atom. The number of hydrogen-bond donors (Lipinski definition) is 3. The number of anilines is 4. The fraction of sp³-hybridized carbons (Fsp3) is 0.476. The van der Waals surface area contributed by atoms with Crippen molar-refractivity contribution in [3.8, 4) is 0 Å². The third kappa shape index (κ3) is 4.42. The molecule has 1 aliphatic carbocycles. The second-order valence-corrected chi connectivity index (χ2v) is 7.63. The molecule has 0 atom stereocenters. The fourth-order valence-electron chi connectivity index (χ4n) is 3.63. The molecule has 4 rings (SSSR count). The molecule has 2 heterocycles. The molecule has 7 nitrogen and oxygen atoms in total. The van der Waals surface area contributed by atoms with Crippen LogP contribution in [0.5, 0.6) is 0 Å². The van der Waals surface area contributed by atoms with Crippen molar-refractivity contribution in [1.29, 1.82) is 0 Å². The van der Waals surface area contributed by atoms with Gasteiger partial charge in [0, 0.05) is 57.1 Å². The quantitative estimate of drug-likeness (QED) is 0.637. The van der Waals surface area contributed by atoms with Gasteiger partial charge in [-0.1, -0.05) is 6.42 Å². The number of rotatable bonds is 7. The van der Waals surface area contributed by atoms with E-state index >= 15 is 0 Å². The average molecular weight is 380 g/mol. The van der Waals surface area contributed by atoms with Crippen molar-refractivity contribution in [1.82, 2.24) is 15.5 Å². The van der Waals surface area contributed by atoms with Crippen LogP contribution in [0.3, 0.4) is 0 Å². The van der Waals surface area contributed by atoms with Gasteiger partial charge in [0.1, 0.15) is 0 Å². The Labute approximate surface area is 165 Å². The van der Waals surface area contributed by atoms with Crippen LogP contribution in [0.1, 0.15) is 36.7 Å². The van der Waals surface area contributed by atoms with Crippen molar-refractivity contribution < 1.29 is 4.79 Å². The minimum absolute atomic E-state index is 0.0736. The van der Waals surface area contributed by atoms with Crippen molar-refractivity contribution in [2.75, 3.05) is 48.3 Å². The summed E-state index contributed by atoms with van der Waals surface area (Å²) in [4.78, 5) is 14.3. The van der Waals surface area contributed by atoms with Crippen LogP contribution in [0.4, 0.5) is 22.9 Å². The lowest BCUT2D eigenvalue weighted by molar-refractivity contribution is 0.101. The minimum Gasteiger partial charge on any atom is -0.383 e. The van der Waals surface area contributed by atoms with Gasteiger partial charge in [-0.2, -0.15) is 0 Å². The molecular formula is C21H28N6O. The summed E-state index contributed by atoms with van der Waals surface area (Å²) in [6.07, 6.45) is 3.81. The summed E-state index contributed by atoms with van der Waals surface area (Å²) in [5.41, 5.74) is 3.34. The Bertz CT molecular complexity index is 812. The summed E-state index contributed by atoms with van der Waals surface area (Å²) < 4.78 is 0. The number of nitrogens with one attached hydrogen (secondary N) is 3. The Hall–Kier alpha value is -2.67. The highest BCUT2D eigenvalue weighted by Gasteiger charge is 2.19. The number of piperazine rings is 1. The van der Waals surface area contributed by atoms with Crippen molar-refractivity contribution in [2.24, 2.45) is 5.92 Å². The van der Waals surface area contributed by atoms with Crippen LogP contribution in [0.25, 0.3) is 0 Å². The molecule has 1 aliphatic heterocycles. The van der Waals surface area contributed by atoms with Gasteiger partial charge in [-0.3, -0.25) is 4.79 Å². The van der Waals surface area contributed by atoms with Crippen LogP contribution < -0.4 is 20.9 Å². The fourth-order valence-corrected chi connectivity index (χ4v) is 3.63. The van der Waals surface area contributed by atoms with Crippen LogP contribution in [-0.4, -0.2) is 48.7 Å². The minimum atomic E-state index is -0.0736. The van der Waals surface area contributed by atoms with Gasteiger partial charge in [-0.25, -0.2) is 0 Å². The number of aromatic nitrogens is 2. The predicted octanol–water partition coefficient (Wildman–Crippen LogP) is 3.04. The zero-order valence-electron chi connectivity index (χ0n) is 16.4. The average Bonchev–Trinajstić information content (AvgIpc) is 2.68. The molecule has 3 N–H and O–H groups in total. The molecule has 1 aromatic heterocycles. The number of ketones is 1. The van der Waals surface area contributed by atoms with E-state index in [0.29, 0.717) is 17.4 Å². The van der Waals surface area contributed by atoms with Gasteiger partial charge in [0.2, 0.25) is 0 Å². The van der Waals surface area contributed by atoms with Crippen LogP contribution in [0.15, 0.2) is 30.3 Å². The zero-order valence-corrected chi connectivity index (χ0v) is 16.4. The van der Waals surface area contributed by atoms with E-state index in [1.807, 2.05) is 6.07 Å². The van der Waals surface area contributed by atoms with E-state index in [2.05, 4.69) is 55.3 Å². The van der Waals surface area contributed by atoms with Gasteiger partial charge < -0.3 is 20.9 Å². The topological polar surface area (TPSA) is 82.2 Å².